The molecule has 1 aromatic rings. The largest absolute Gasteiger partial charge is 0.347 e. The Bertz CT molecular complexity index is 667. The van der Waals surface area contributed by atoms with Crippen LogP contribution in [0.5, 0.6) is 0 Å². The van der Waals surface area contributed by atoms with E-state index in [1.165, 1.54) is 22.6 Å². The van der Waals surface area contributed by atoms with Crippen LogP contribution in [0.1, 0.15) is 11.1 Å². The van der Waals surface area contributed by atoms with Crippen molar-refractivity contribution in [2.45, 2.75) is 25.0 Å². The van der Waals surface area contributed by atoms with Crippen molar-refractivity contribution in [1.29, 1.82) is 0 Å². The fourth-order valence-electron chi connectivity index (χ4n) is 2.59. The summed E-state index contributed by atoms with van der Waals surface area (Å²) >= 11 is 0. The Labute approximate surface area is 118 Å². The van der Waals surface area contributed by atoms with Crippen molar-refractivity contribution in [1.82, 2.24) is 10.6 Å². The zero-order valence-electron chi connectivity index (χ0n) is 10.9. The minimum atomic E-state index is -3.14. The number of hydrogen-bond acceptors (Lipinski definition) is 4. The van der Waals surface area contributed by atoms with E-state index in [1.54, 1.807) is 0 Å². The smallest absolute Gasteiger partial charge is 0.237 e. The van der Waals surface area contributed by atoms with Crippen molar-refractivity contribution in [3.63, 3.8) is 0 Å². The van der Waals surface area contributed by atoms with E-state index in [0.717, 1.165) is 0 Å². The standard InChI is InChI=1S/C14H16N2O3S/c17-14(16-12-5-6-20(18,19)9-12)13-7-10-3-1-2-4-11(10)8-15-13/h1-6,12-13,15H,7-9H2,(H,16,17). The molecule has 20 heavy (non-hydrogen) atoms. The van der Waals surface area contributed by atoms with Crippen LogP contribution >= 0.6 is 0 Å². The lowest BCUT2D eigenvalue weighted by atomic mass is 9.95. The highest BCUT2D eigenvalue weighted by Crippen LogP contribution is 2.16. The fraction of sp³-hybridized carbons (Fsp3) is 0.357. The van der Waals surface area contributed by atoms with Gasteiger partial charge in [-0.1, -0.05) is 24.3 Å². The molecule has 0 spiro atoms. The van der Waals surface area contributed by atoms with Crippen LogP contribution in [0, 0.1) is 0 Å². The lowest BCUT2D eigenvalue weighted by molar-refractivity contribution is -0.123. The third kappa shape index (κ3) is 2.76. The molecular formula is C14H16N2O3S. The summed E-state index contributed by atoms with van der Waals surface area (Å²) in [6.07, 6.45) is 2.16. The van der Waals surface area contributed by atoms with E-state index < -0.39 is 15.9 Å². The van der Waals surface area contributed by atoms with E-state index in [-0.39, 0.29) is 17.7 Å². The Kier molecular flexibility index (Phi) is 3.35. The molecule has 2 aliphatic rings. The third-order valence-electron chi connectivity index (χ3n) is 3.66. The quantitative estimate of drug-likeness (QED) is 0.812. The molecule has 3 rings (SSSR count). The number of carbonyl (C=O) groups is 1. The molecule has 0 radical (unpaired) electrons. The summed E-state index contributed by atoms with van der Waals surface area (Å²) in [6, 6.07) is 7.30. The van der Waals surface area contributed by atoms with Crippen LogP contribution < -0.4 is 10.6 Å². The monoisotopic (exact) mass is 292 g/mol. The van der Waals surface area contributed by atoms with Crippen LogP contribution in [-0.2, 0) is 27.6 Å². The van der Waals surface area contributed by atoms with Crippen LogP contribution in [0.3, 0.4) is 0 Å². The maximum absolute atomic E-state index is 12.2. The zero-order chi connectivity index (χ0) is 14.2. The molecule has 2 unspecified atom stereocenters. The van der Waals surface area contributed by atoms with Crippen molar-refractivity contribution in [2.75, 3.05) is 5.75 Å². The molecule has 2 atom stereocenters. The maximum atomic E-state index is 12.2. The summed E-state index contributed by atoms with van der Waals surface area (Å²) in [5, 5.41) is 7.12. The third-order valence-corrected chi connectivity index (χ3v) is 5.05. The second-order valence-electron chi connectivity index (χ2n) is 5.18. The number of benzene rings is 1. The van der Waals surface area contributed by atoms with Gasteiger partial charge in [0.2, 0.25) is 5.91 Å². The number of carbonyl (C=O) groups excluding carboxylic acids is 1. The van der Waals surface area contributed by atoms with Crippen LogP contribution in [0.25, 0.3) is 0 Å². The number of rotatable bonds is 2. The van der Waals surface area contributed by atoms with Gasteiger partial charge in [0, 0.05) is 12.0 Å². The normalized spacial score (nSPS) is 27.0. The number of fused-ring (bicyclic) bond motifs is 1. The lowest BCUT2D eigenvalue weighted by Gasteiger charge is -2.26. The van der Waals surface area contributed by atoms with E-state index in [1.807, 2.05) is 24.3 Å². The molecule has 0 aromatic heterocycles. The summed E-state index contributed by atoms with van der Waals surface area (Å²) in [6.45, 7) is 0.660. The molecule has 2 N–H and O–H groups in total. The molecule has 1 aromatic carbocycles. The first kappa shape index (κ1) is 13.3. The van der Waals surface area contributed by atoms with Crippen molar-refractivity contribution in [3.05, 3.63) is 46.9 Å². The van der Waals surface area contributed by atoms with E-state index in [0.29, 0.717) is 13.0 Å². The Morgan fingerprint density at radius 2 is 2.00 bits per heavy atom. The van der Waals surface area contributed by atoms with Gasteiger partial charge >= 0.3 is 0 Å². The van der Waals surface area contributed by atoms with Gasteiger partial charge in [-0.05, 0) is 23.6 Å². The van der Waals surface area contributed by atoms with Gasteiger partial charge in [0.25, 0.3) is 0 Å². The van der Waals surface area contributed by atoms with Gasteiger partial charge in [-0.25, -0.2) is 8.42 Å². The molecule has 106 valence electrons. The minimum Gasteiger partial charge on any atom is -0.347 e. The Hall–Kier alpha value is -1.66. The zero-order valence-corrected chi connectivity index (χ0v) is 11.7. The lowest BCUT2D eigenvalue weighted by Crippen LogP contribution is -2.50. The molecule has 0 bridgehead atoms. The van der Waals surface area contributed by atoms with E-state index in [2.05, 4.69) is 10.6 Å². The predicted octanol–water partition coefficient (Wildman–Crippen LogP) is 0.128. The van der Waals surface area contributed by atoms with Gasteiger partial charge in [-0.3, -0.25) is 4.79 Å². The number of sulfone groups is 1. The average Bonchev–Trinajstić information content (AvgIpc) is 2.77. The summed E-state index contributed by atoms with van der Waals surface area (Å²) in [7, 11) is -3.14. The van der Waals surface area contributed by atoms with Gasteiger partial charge in [0.05, 0.1) is 17.8 Å². The molecule has 0 aliphatic carbocycles. The van der Waals surface area contributed by atoms with Crippen LogP contribution in [0.4, 0.5) is 0 Å². The van der Waals surface area contributed by atoms with Gasteiger partial charge in [-0.15, -0.1) is 0 Å². The van der Waals surface area contributed by atoms with Crippen LogP contribution in [-0.4, -0.2) is 32.2 Å². The molecule has 0 saturated carbocycles. The second-order valence-corrected chi connectivity index (χ2v) is 7.11. The molecule has 6 heteroatoms. The Morgan fingerprint density at radius 3 is 2.70 bits per heavy atom. The molecule has 2 aliphatic heterocycles. The molecule has 2 heterocycles. The minimum absolute atomic E-state index is 0.0396. The van der Waals surface area contributed by atoms with Gasteiger partial charge in [0.15, 0.2) is 9.84 Å². The summed E-state index contributed by atoms with van der Waals surface area (Å²) in [5.41, 5.74) is 2.38. The highest BCUT2D eigenvalue weighted by atomic mass is 32.2. The molecule has 5 nitrogen and oxygen atoms in total. The predicted molar refractivity (Wildman–Crippen MR) is 75.6 cm³/mol. The SMILES string of the molecule is O=C(NC1C=CS(=O)(=O)C1)C1Cc2ccccc2CN1. The highest BCUT2D eigenvalue weighted by molar-refractivity contribution is 7.94. The fourth-order valence-corrected chi connectivity index (χ4v) is 3.82. The van der Waals surface area contributed by atoms with Gasteiger partial charge < -0.3 is 10.6 Å². The summed E-state index contributed by atoms with van der Waals surface area (Å²) in [5.74, 6) is -0.187. The van der Waals surface area contributed by atoms with E-state index in [4.69, 9.17) is 0 Å². The Balaban J connectivity index is 1.64. The van der Waals surface area contributed by atoms with Crippen molar-refractivity contribution in [2.24, 2.45) is 0 Å². The first-order valence-corrected chi connectivity index (χ1v) is 8.26. The number of nitrogens with one attached hydrogen (secondary N) is 2. The molecular weight excluding hydrogens is 276 g/mol. The molecule has 0 saturated heterocycles. The first-order valence-electron chi connectivity index (χ1n) is 6.55. The summed E-state index contributed by atoms with van der Waals surface area (Å²) in [4.78, 5) is 12.2. The highest BCUT2D eigenvalue weighted by Gasteiger charge is 2.28. The van der Waals surface area contributed by atoms with E-state index >= 15 is 0 Å². The van der Waals surface area contributed by atoms with E-state index in [9.17, 15) is 13.2 Å². The van der Waals surface area contributed by atoms with Gasteiger partial charge in [0.1, 0.15) is 0 Å². The van der Waals surface area contributed by atoms with Crippen LogP contribution in [0.2, 0.25) is 0 Å². The maximum Gasteiger partial charge on any atom is 0.237 e. The summed E-state index contributed by atoms with van der Waals surface area (Å²) < 4.78 is 22.6. The number of hydrogen-bond donors (Lipinski definition) is 2. The van der Waals surface area contributed by atoms with Crippen LogP contribution in [0.15, 0.2) is 35.7 Å². The second kappa shape index (κ2) is 5.03. The van der Waals surface area contributed by atoms with Gasteiger partial charge in [-0.2, -0.15) is 0 Å². The topological polar surface area (TPSA) is 75.3 Å². The van der Waals surface area contributed by atoms with Crippen molar-refractivity contribution in [3.8, 4) is 0 Å². The number of amides is 1. The first-order chi connectivity index (χ1) is 9.53. The Morgan fingerprint density at radius 1 is 1.25 bits per heavy atom. The van der Waals surface area contributed by atoms with Crippen molar-refractivity contribution >= 4 is 15.7 Å². The average molecular weight is 292 g/mol. The molecule has 0 fully saturated rings. The molecule has 1 amide bonds. The van der Waals surface area contributed by atoms with Crippen molar-refractivity contribution < 1.29 is 13.2 Å².